The van der Waals surface area contributed by atoms with Crippen molar-refractivity contribution >= 4 is 17.2 Å². The van der Waals surface area contributed by atoms with E-state index >= 15 is 0 Å². The van der Waals surface area contributed by atoms with Gasteiger partial charge in [0.25, 0.3) is 0 Å². The highest BCUT2D eigenvalue weighted by Crippen LogP contribution is 2.14. The van der Waals surface area contributed by atoms with Crippen LogP contribution in [0.25, 0.3) is 0 Å². The lowest BCUT2D eigenvalue weighted by molar-refractivity contribution is -0.130. The second-order valence-electron chi connectivity index (χ2n) is 6.42. The van der Waals surface area contributed by atoms with Crippen molar-refractivity contribution in [3.8, 4) is 11.8 Å². The third-order valence-corrected chi connectivity index (χ3v) is 5.40. The highest BCUT2D eigenvalue weighted by molar-refractivity contribution is 7.10. The third kappa shape index (κ3) is 5.43. The van der Waals surface area contributed by atoms with Crippen molar-refractivity contribution in [1.82, 2.24) is 9.80 Å². The summed E-state index contributed by atoms with van der Waals surface area (Å²) in [5.41, 5.74) is 2.17. The molecule has 5 heteroatoms. The molecule has 0 aliphatic carbocycles. The van der Waals surface area contributed by atoms with E-state index in [2.05, 4.69) is 28.9 Å². The van der Waals surface area contributed by atoms with Crippen molar-refractivity contribution < 1.29 is 9.90 Å². The fraction of sp³-hybridized carbons (Fsp3) is 0.381. The van der Waals surface area contributed by atoms with E-state index in [9.17, 15) is 4.79 Å². The summed E-state index contributed by atoms with van der Waals surface area (Å²) < 4.78 is 0. The highest BCUT2D eigenvalue weighted by Gasteiger charge is 2.19. The van der Waals surface area contributed by atoms with Crippen LogP contribution in [0.3, 0.4) is 0 Å². The van der Waals surface area contributed by atoms with Gasteiger partial charge in [-0.15, -0.1) is 11.3 Å². The zero-order valence-corrected chi connectivity index (χ0v) is 15.7. The van der Waals surface area contributed by atoms with Crippen molar-refractivity contribution in [3.63, 3.8) is 0 Å². The summed E-state index contributed by atoms with van der Waals surface area (Å²) in [4.78, 5) is 18.0. The van der Waals surface area contributed by atoms with Crippen molar-refractivity contribution in [1.29, 1.82) is 0 Å². The summed E-state index contributed by atoms with van der Waals surface area (Å²) in [5, 5.41) is 10.8. The monoisotopic (exact) mass is 368 g/mol. The number of nitrogens with zero attached hydrogens (tertiary/aromatic N) is 2. The van der Waals surface area contributed by atoms with Gasteiger partial charge in [-0.25, -0.2) is 0 Å². The van der Waals surface area contributed by atoms with Gasteiger partial charge in [0.05, 0.1) is 6.42 Å². The van der Waals surface area contributed by atoms with Crippen molar-refractivity contribution in [2.45, 2.75) is 19.4 Å². The van der Waals surface area contributed by atoms with E-state index in [-0.39, 0.29) is 12.5 Å². The van der Waals surface area contributed by atoms with Crippen molar-refractivity contribution in [2.24, 2.45) is 0 Å². The van der Waals surface area contributed by atoms with E-state index in [0.29, 0.717) is 6.42 Å². The first kappa shape index (κ1) is 18.7. The summed E-state index contributed by atoms with van der Waals surface area (Å²) in [6.07, 6.45) is 1.53. The number of amides is 1. The molecule has 2 aromatic rings. The Balaban J connectivity index is 1.51. The van der Waals surface area contributed by atoms with E-state index in [0.717, 1.165) is 49.6 Å². The molecule has 4 nitrogen and oxygen atoms in total. The SMILES string of the molecule is O=C(Cc1cccs1)N1CCCN(Cc2ccc(C#CCO)cc2)CC1. The number of hydrogen-bond donors (Lipinski definition) is 1. The van der Waals surface area contributed by atoms with E-state index in [1.807, 2.05) is 34.5 Å². The molecule has 0 spiro atoms. The molecule has 1 aromatic carbocycles. The van der Waals surface area contributed by atoms with Crippen LogP contribution in [0, 0.1) is 11.8 Å². The van der Waals surface area contributed by atoms with Gasteiger partial charge in [-0.05, 0) is 35.6 Å². The lowest BCUT2D eigenvalue weighted by atomic mass is 10.1. The second kappa shape index (κ2) is 9.54. The normalized spacial score (nSPS) is 15.2. The molecule has 0 radical (unpaired) electrons. The van der Waals surface area contributed by atoms with Gasteiger partial charge < -0.3 is 10.0 Å². The molecule has 0 unspecified atom stereocenters. The first-order valence-electron chi connectivity index (χ1n) is 8.96. The topological polar surface area (TPSA) is 43.8 Å². The van der Waals surface area contributed by atoms with E-state index < -0.39 is 0 Å². The number of benzene rings is 1. The zero-order chi connectivity index (χ0) is 18.2. The minimum absolute atomic E-state index is 0.114. The van der Waals surface area contributed by atoms with Crippen LogP contribution in [-0.4, -0.2) is 53.6 Å². The molecule has 1 amide bonds. The molecule has 136 valence electrons. The number of thiophene rings is 1. The van der Waals surface area contributed by atoms with Gasteiger partial charge in [0.2, 0.25) is 5.91 Å². The first-order valence-corrected chi connectivity index (χ1v) is 9.84. The Kier molecular flexibility index (Phi) is 6.84. The van der Waals surface area contributed by atoms with Gasteiger partial charge >= 0.3 is 0 Å². The molecule has 1 aromatic heterocycles. The molecule has 1 saturated heterocycles. The molecule has 1 fully saturated rings. The molecule has 1 N–H and O–H groups in total. The number of hydrogen-bond acceptors (Lipinski definition) is 4. The van der Waals surface area contributed by atoms with Crippen LogP contribution in [0.5, 0.6) is 0 Å². The Morgan fingerprint density at radius 3 is 2.69 bits per heavy atom. The van der Waals surface area contributed by atoms with Crippen molar-refractivity contribution in [2.75, 3.05) is 32.8 Å². The number of carbonyl (C=O) groups excluding carboxylic acids is 1. The summed E-state index contributed by atoms with van der Waals surface area (Å²) in [7, 11) is 0. The zero-order valence-electron chi connectivity index (χ0n) is 14.9. The van der Waals surface area contributed by atoms with Crippen LogP contribution in [-0.2, 0) is 17.8 Å². The van der Waals surface area contributed by atoms with Crippen LogP contribution in [0.2, 0.25) is 0 Å². The maximum absolute atomic E-state index is 12.5. The van der Waals surface area contributed by atoms with Crippen LogP contribution >= 0.6 is 11.3 Å². The maximum atomic E-state index is 12.5. The van der Waals surface area contributed by atoms with Crippen LogP contribution < -0.4 is 0 Å². The van der Waals surface area contributed by atoms with Gasteiger partial charge in [-0.2, -0.15) is 0 Å². The van der Waals surface area contributed by atoms with E-state index in [1.165, 1.54) is 5.56 Å². The van der Waals surface area contributed by atoms with Crippen LogP contribution in [0.15, 0.2) is 41.8 Å². The maximum Gasteiger partial charge on any atom is 0.227 e. The molecule has 0 bridgehead atoms. The molecule has 2 heterocycles. The molecule has 26 heavy (non-hydrogen) atoms. The van der Waals surface area contributed by atoms with Gasteiger partial charge in [0.15, 0.2) is 0 Å². The standard InChI is InChI=1S/C21H24N2O2S/c24-14-1-4-18-6-8-19(9-7-18)17-22-10-3-11-23(13-12-22)21(25)16-20-5-2-15-26-20/h2,5-9,15,24H,3,10-14,16-17H2. The number of aliphatic hydroxyl groups excluding tert-OH is 1. The number of carbonyl (C=O) groups is 1. The summed E-state index contributed by atoms with van der Waals surface area (Å²) >= 11 is 1.65. The number of aliphatic hydroxyl groups is 1. The van der Waals surface area contributed by atoms with E-state index in [4.69, 9.17) is 5.11 Å². The van der Waals surface area contributed by atoms with Crippen molar-refractivity contribution in [3.05, 3.63) is 57.8 Å². The average molecular weight is 369 g/mol. The smallest absolute Gasteiger partial charge is 0.227 e. The lowest BCUT2D eigenvalue weighted by Crippen LogP contribution is -2.35. The predicted molar refractivity (Wildman–Crippen MR) is 105 cm³/mol. The molecule has 3 rings (SSSR count). The molecule has 1 aliphatic rings. The fourth-order valence-electron chi connectivity index (χ4n) is 3.15. The Morgan fingerprint density at radius 2 is 1.96 bits per heavy atom. The quantitative estimate of drug-likeness (QED) is 0.843. The predicted octanol–water partition coefficient (Wildman–Crippen LogP) is 2.37. The van der Waals surface area contributed by atoms with E-state index in [1.54, 1.807) is 11.3 Å². The fourth-order valence-corrected chi connectivity index (χ4v) is 3.84. The first-order chi connectivity index (χ1) is 12.7. The van der Waals surface area contributed by atoms with Crippen LogP contribution in [0.4, 0.5) is 0 Å². The van der Waals surface area contributed by atoms with Gasteiger partial charge in [0, 0.05) is 43.2 Å². The van der Waals surface area contributed by atoms with Gasteiger partial charge in [-0.3, -0.25) is 9.69 Å². The molecule has 1 aliphatic heterocycles. The lowest BCUT2D eigenvalue weighted by Gasteiger charge is -2.22. The Labute approximate surface area is 159 Å². The molecule has 0 saturated carbocycles. The Hall–Kier alpha value is -2.13. The average Bonchev–Trinajstić information content (AvgIpc) is 3.05. The minimum Gasteiger partial charge on any atom is -0.384 e. The molecular weight excluding hydrogens is 344 g/mol. The van der Waals surface area contributed by atoms with Gasteiger partial charge in [0.1, 0.15) is 6.61 Å². The van der Waals surface area contributed by atoms with Crippen LogP contribution in [0.1, 0.15) is 22.4 Å². The summed E-state index contributed by atoms with van der Waals surface area (Å²) in [5.74, 6) is 5.81. The highest BCUT2D eigenvalue weighted by atomic mass is 32.1. The Bertz CT molecular complexity index is 760. The minimum atomic E-state index is -0.114. The summed E-state index contributed by atoms with van der Waals surface area (Å²) in [6, 6.07) is 12.2. The molecular formula is C21H24N2O2S. The van der Waals surface area contributed by atoms with Gasteiger partial charge in [-0.1, -0.05) is 30.0 Å². The largest absolute Gasteiger partial charge is 0.384 e. The molecule has 0 atom stereocenters. The third-order valence-electron chi connectivity index (χ3n) is 4.52. The Morgan fingerprint density at radius 1 is 1.12 bits per heavy atom. The summed E-state index contributed by atoms with van der Waals surface area (Å²) in [6.45, 7) is 4.33. The second-order valence-corrected chi connectivity index (χ2v) is 7.46. The number of rotatable bonds is 4.